The predicted molar refractivity (Wildman–Crippen MR) is 100 cm³/mol. The van der Waals surface area contributed by atoms with Crippen molar-refractivity contribution in [3.8, 4) is 0 Å². The Morgan fingerprint density at radius 3 is 1.60 bits per heavy atom. The average molecular weight is 395 g/mol. The minimum atomic E-state index is -2.81. The van der Waals surface area contributed by atoms with Crippen LogP contribution >= 0.6 is 0 Å². The molecule has 25 heavy (non-hydrogen) atoms. The van der Waals surface area contributed by atoms with Gasteiger partial charge in [0, 0.05) is 45.2 Å². The quantitative estimate of drug-likeness (QED) is 0.226. The summed E-state index contributed by atoms with van der Waals surface area (Å²) in [5.41, 5.74) is 0. The normalized spacial score (nSPS) is 12.2. The summed E-state index contributed by atoms with van der Waals surface area (Å²) in [4.78, 5) is 11.5. The maximum absolute atomic E-state index is 11.5. The molecule has 0 unspecified atom stereocenters. The lowest BCUT2D eigenvalue weighted by molar-refractivity contribution is -0.136. The van der Waals surface area contributed by atoms with Gasteiger partial charge in [-0.15, -0.1) is 0 Å². The summed E-state index contributed by atoms with van der Waals surface area (Å²) in [6.45, 7) is 15.4. The van der Waals surface area contributed by atoms with E-state index < -0.39 is 23.3 Å². The van der Waals surface area contributed by atoms with Crippen LogP contribution in [0.4, 0.5) is 0 Å². The summed E-state index contributed by atoms with van der Waals surface area (Å²) in [5.74, 6) is -0.487. The van der Waals surface area contributed by atoms with Crippen molar-refractivity contribution in [1.29, 1.82) is 0 Å². The highest BCUT2D eigenvalue weighted by Crippen LogP contribution is 2.26. The van der Waals surface area contributed by atoms with Crippen molar-refractivity contribution in [2.75, 3.05) is 39.3 Å². The molecule has 0 aliphatic carbocycles. The molecule has 0 aromatic rings. The van der Waals surface area contributed by atoms with Gasteiger partial charge in [-0.1, -0.05) is 6.58 Å². The third-order valence-electron chi connectivity index (χ3n) is 3.32. The smallest absolute Gasteiger partial charge is 0.461 e. The Morgan fingerprint density at radius 1 is 0.800 bits per heavy atom. The minimum Gasteiger partial charge on any atom is -0.461 e. The van der Waals surface area contributed by atoms with Crippen LogP contribution in [-0.2, 0) is 31.7 Å². The molecule has 0 spiro atoms. The Balaban J connectivity index is 5.26. The third-order valence-corrected chi connectivity index (χ3v) is 10.1. The zero-order valence-electron chi connectivity index (χ0n) is 16.3. The van der Waals surface area contributed by atoms with E-state index in [4.69, 9.17) is 26.9 Å². The molecule has 148 valence electrons. The van der Waals surface area contributed by atoms with Crippen LogP contribution in [0.1, 0.15) is 34.6 Å². The summed E-state index contributed by atoms with van der Waals surface area (Å²) in [7, 11) is -5.58. The number of carbonyl (C=O) groups is 1. The van der Waals surface area contributed by atoms with Crippen molar-refractivity contribution in [2.24, 2.45) is 0 Å². The van der Waals surface area contributed by atoms with Gasteiger partial charge in [0.05, 0.1) is 0 Å². The molecule has 0 aliphatic rings. The lowest BCUT2D eigenvalue weighted by Gasteiger charge is -2.33. The second-order valence-electron chi connectivity index (χ2n) is 5.07. The molecule has 0 aliphatic heterocycles. The Bertz CT molecular complexity index is 356. The molecule has 9 heteroatoms. The molecule has 0 bridgehead atoms. The second kappa shape index (κ2) is 13.6. The van der Waals surface area contributed by atoms with Crippen molar-refractivity contribution in [2.45, 2.75) is 46.7 Å². The molecule has 0 atom stereocenters. The average Bonchev–Trinajstić information content (AvgIpc) is 2.59. The first kappa shape index (κ1) is 24.4. The van der Waals surface area contributed by atoms with Gasteiger partial charge >= 0.3 is 23.3 Å². The molecule has 0 heterocycles. The molecule has 0 amide bonds. The summed E-state index contributed by atoms with van der Waals surface area (Å²) >= 11 is 0. The van der Waals surface area contributed by atoms with Gasteiger partial charge in [-0.3, -0.25) is 0 Å². The van der Waals surface area contributed by atoms with Gasteiger partial charge in [-0.2, -0.15) is 0 Å². The van der Waals surface area contributed by atoms with Gasteiger partial charge in [-0.25, -0.2) is 4.79 Å². The van der Waals surface area contributed by atoms with Crippen LogP contribution in [0.3, 0.4) is 0 Å². The molecule has 0 N–H and O–H groups in total. The van der Waals surface area contributed by atoms with Crippen molar-refractivity contribution in [3.05, 3.63) is 12.7 Å². The molecule has 0 fully saturated rings. The van der Waals surface area contributed by atoms with E-state index in [-0.39, 0.29) is 6.23 Å². The number of carbonyl (C=O) groups excluding carboxylic acids is 1. The van der Waals surface area contributed by atoms with E-state index in [1.165, 1.54) is 0 Å². The zero-order chi connectivity index (χ0) is 19.2. The summed E-state index contributed by atoms with van der Waals surface area (Å²) < 4.78 is 34.8. The SMILES string of the molecule is C=CC(=O)OC[Si](CC[Si](OCC)(OCC)OCC)(OCC)OCC. The Morgan fingerprint density at radius 2 is 1.24 bits per heavy atom. The fraction of sp³-hybridized carbons (Fsp3) is 0.812. The first-order chi connectivity index (χ1) is 12.0. The summed E-state index contributed by atoms with van der Waals surface area (Å²) in [6, 6.07) is 1.12. The molecular formula is C16H34O7Si2. The third kappa shape index (κ3) is 9.09. The number of hydrogen-bond acceptors (Lipinski definition) is 7. The molecule has 0 rings (SSSR count). The highest BCUT2D eigenvalue weighted by Gasteiger charge is 2.47. The van der Waals surface area contributed by atoms with Gasteiger partial charge in [0.25, 0.3) is 0 Å². The van der Waals surface area contributed by atoms with E-state index in [2.05, 4.69) is 6.58 Å². The number of hydrogen-bond donors (Lipinski definition) is 0. The van der Waals surface area contributed by atoms with Crippen LogP contribution in [0.5, 0.6) is 0 Å². The zero-order valence-corrected chi connectivity index (χ0v) is 18.3. The van der Waals surface area contributed by atoms with Gasteiger partial charge < -0.3 is 26.9 Å². The van der Waals surface area contributed by atoms with Gasteiger partial charge in [-0.05, 0) is 40.7 Å². The van der Waals surface area contributed by atoms with Crippen molar-refractivity contribution < 1.29 is 31.7 Å². The van der Waals surface area contributed by atoms with Crippen molar-refractivity contribution >= 4 is 23.3 Å². The second-order valence-corrected chi connectivity index (χ2v) is 11.0. The maximum Gasteiger partial charge on any atom is 0.500 e. The Hall–Kier alpha value is -0.556. The van der Waals surface area contributed by atoms with Crippen LogP contribution in [-0.4, -0.2) is 62.6 Å². The molecular weight excluding hydrogens is 360 g/mol. The summed E-state index contributed by atoms with van der Waals surface area (Å²) in [5, 5.41) is 0. The lowest BCUT2D eigenvalue weighted by atomic mass is 10.7. The fourth-order valence-corrected chi connectivity index (χ4v) is 9.30. The van der Waals surface area contributed by atoms with Crippen LogP contribution in [0.2, 0.25) is 12.1 Å². The first-order valence-electron chi connectivity index (χ1n) is 8.95. The number of rotatable bonds is 16. The molecule has 0 saturated carbocycles. The van der Waals surface area contributed by atoms with Crippen LogP contribution in [0.15, 0.2) is 12.7 Å². The van der Waals surface area contributed by atoms with Gasteiger partial charge in [0.15, 0.2) is 0 Å². The van der Waals surface area contributed by atoms with E-state index in [0.29, 0.717) is 45.1 Å². The van der Waals surface area contributed by atoms with E-state index in [9.17, 15) is 4.79 Å². The highest BCUT2D eigenvalue weighted by atomic mass is 28.4. The largest absolute Gasteiger partial charge is 0.500 e. The van der Waals surface area contributed by atoms with Crippen molar-refractivity contribution in [1.82, 2.24) is 0 Å². The van der Waals surface area contributed by atoms with Crippen LogP contribution in [0.25, 0.3) is 0 Å². The predicted octanol–water partition coefficient (Wildman–Crippen LogP) is 2.82. The topological polar surface area (TPSA) is 72.5 Å². The standard InChI is InChI=1S/C16H34O7Si2/c1-7-16(17)18-15-24(19-8-2,20-9-3)13-14-25(21-10-4,22-11-5)23-12-6/h7H,1,8-15H2,2-6H3. The van der Waals surface area contributed by atoms with E-state index in [1.807, 2.05) is 34.6 Å². The maximum atomic E-state index is 11.5. The van der Waals surface area contributed by atoms with Crippen molar-refractivity contribution in [3.63, 3.8) is 0 Å². The molecule has 7 nitrogen and oxygen atoms in total. The van der Waals surface area contributed by atoms with E-state index in [1.54, 1.807) is 0 Å². The molecule has 0 aromatic carbocycles. The summed E-state index contributed by atoms with van der Waals surface area (Å²) in [6.07, 6.45) is 1.24. The number of esters is 1. The monoisotopic (exact) mass is 394 g/mol. The minimum absolute atomic E-state index is 0.106. The van der Waals surface area contributed by atoms with Gasteiger partial charge in [0.2, 0.25) is 0 Å². The molecule has 0 radical (unpaired) electrons. The number of ether oxygens (including phenoxy) is 1. The van der Waals surface area contributed by atoms with Gasteiger partial charge in [0.1, 0.15) is 6.23 Å². The fourth-order valence-electron chi connectivity index (χ4n) is 2.45. The Kier molecular flexibility index (Phi) is 13.3. The first-order valence-corrected chi connectivity index (χ1v) is 13.1. The lowest BCUT2D eigenvalue weighted by Crippen LogP contribution is -2.52. The Labute approximate surface area is 154 Å². The van der Waals surface area contributed by atoms with Crippen LogP contribution in [0, 0.1) is 0 Å². The molecule has 0 saturated heterocycles. The van der Waals surface area contributed by atoms with E-state index in [0.717, 1.165) is 6.08 Å². The molecule has 0 aromatic heterocycles. The van der Waals surface area contributed by atoms with E-state index >= 15 is 0 Å². The highest BCUT2D eigenvalue weighted by molar-refractivity contribution is 6.70. The van der Waals surface area contributed by atoms with Crippen LogP contribution < -0.4 is 0 Å².